The zero-order valence-electron chi connectivity index (χ0n) is 19.7. The molecule has 5 rings (SSSR count). The molecule has 184 valence electrons. The van der Waals surface area contributed by atoms with Crippen molar-refractivity contribution in [2.45, 2.75) is 13.0 Å². The molecule has 9 nitrogen and oxygen atoms in total. The zero-order valence-corrected chi connectivity index (χ0v) is 20.5. The van der Waals surface area contributed by atoms with E-state index in [1.165, 1.54) is 42.8 Å². The second kappa shape index (κ2) is 9.38. The van der Waals surface area contributed by atoms with Gasteiger partial charge in [0.2, 0.25) is 5.78 Å². The van der Waals surface area contributed by atoms with Crippen LogP contribution >= 0.6 is 11.3 Å². The Hall–Kier alpha value is -4.31. The van der Waals surface area contributed by atoms with E-state index in [2.05, 4.69) is 4.98 Å². The van der Waals surface area contributed by atoms with E-state index in [9.17, 15) is 14.7 Å². The minimum absolute atomic E-state index is 0.00216. The number of nitrogens with zero attached hydrogens (tertiary/aromatic N) is 2. The van der Waals surface area contributed by atoms with Gasteiger partial charge in [-0.25, -0.2) is 4.98 Å². The molecule has 0 spiro atoms. The first-order valence-corrected chi connectivity index (χ1v) is 11.9. The van der Waals surface area contributed by atoms with Crippen molar-refractivity contribution in [2.24, 2.45) is 0 Å². The average Bonchev–Trinajstić information content (AvgIpc) is 3.62. The lowest BCUT2D eigenvalue weighted by Crippen LogP contribution is -2.31. The molecule has 10 heteroatoms. The number of aromatic nitrogens is 1. The van der Waals surface area contributed by atoms with Gasteiger partial charge in [0.05, 0.1) is 48.9 Å². The molecule has 0 unspecified atom stereocenters. The predicted octanol–water partition coefficient (Wildman–Crippen LogP) is 5.09. The van der Waals surface area contributed by atoms with Crippen molar-refractivity contribution in [2.75, 3.05) is 25.7 Å². The minimum Gasteiger partial charge on any atom is -0.503 e. The Labute approximate surface area is 210 Å². The molecule has 2 aromatic heterocycles. The summed E-state index contributed by atoms with van der Waals surface area (Å²) in [5.41, 5.74) is 1.06. The van der Waals surface area contributed by atoms with Crippen LogP contribution in [0.4, 0.5) is 5.13 Å². The van der Waals surface area contributed by atoms with Crippen LogP contribution in [0.2, 0.25) is 0 Å². The zero-order chi connectivity index (χ0) is 25.4. The number of Topliss-reactive ketones (excluding diaryl/α,β-unsaturated/α-hetero) is 1. The van der Waals surface area contributed by atoms with Crippen molar-refractivity contribution in [1.82, 2.24) is 4.98 Å². The molecule has 2 aromatic carbocycles. The van der Waals surface area contributed by atoms with Crippen molar-refractivity contribution in [3.05, 3.63) is 77.5 Å². The molecule has 1 aliphatic heterocycles. The Kier molecular flexibility index (Phi) is 6.11. The Morgan fingerprint density at radius 1 is 1.14 bits per heavy atom. The van der Waals surface area contributed by atoms with Crippen LogP contribution in [0.3, 0.4) is 0 Å². The molecule has 0 fully saturated rings. The maximum atomic E-state index is 13.4. The van der Waals surface area contributed by atoms with Gasteiger partial charge in [-0.2, -0.15) is 0 Å². The molecule has 0 radical (unpaired) electrons. The van der Waals surface area contributed by atoms with Crippen LogP contribution in [-0.2, 0) is 4.79 Å². The first-order chi connectivity index (χ1) is 17.5. The standard InChI is InChI=1S/C26H22N2O7S/c1-4-34-15-8-9-16-20(13-15)36-26(27-16)28-22(14-7-10-17(32-2)19(12-14)33-3)21(24(30)25(28)31)23(29)18-6-5-11-35-18/h5-13,22,30H,4H2,1-3H3/t22-/m0/s1. The summed E-state index contributed by atoms with van der Waals surface area (Å²) in [6, 6.07) is 12.6. The van der Waals surface area contributed by atoms with Crippen molar-refractivity contribution in [3.63, 3.8) is 0 Å². The van der Waals surface area contributed by atoms with Gasteiger partial charge in [-0.15, -0.1) is 0 Å². The summed E-state index contributed by atoms with van der Waals surface area (Å²) in [6.45, 7) is 2.41. The van der Waals surface area contributed by atoms with Crippen molar-refractivity contribution in [1.29, 1.82) is 0 Å². The number of rotatable bonds is 8. The van der Waals surface area contributed by atoms with Crippen LogP contribution in [0, 0.1) is 0 Å². The van der Waals surface area contributed by atoms with Gasteiger partial charge in [0.15, 0.2) is 28.1 Å². The number of carbonyl (C=O) groups is 2. The number of methoxy groups -OCH3 is 2. The Bertz CT molecular complexity index is 1490. The van der Waals surface area contributed by atoms with Crippen LogP contribution in [0.1, 0.15) is 29.1 Å². The van der Waals surface area contributed by atoms with Crippen molar-refractivity contribution >= 4 is 38.4 Å². The number of amides is 1. The number of hydrogen-bond acceptors (Lipinski definition) is 9. The van der Waals surface area contributed by atoms with E-state index in [1.54, 1.807) is 36.4 Å². The van der Waals surface area contributed by atoms with E-state index in [0.29, 0.717) is 40.1 Å². The summed E-state index contributed by atoms with van der Waals surface area (Å²) in [4.78, 5) is 32.8. The molecule has 1 atom stereocenters. The largest absolute Gasteiger partial charge is 0.503 e. The molecular weight excluding hydrogens is 484 g/mol. The van der Waals surface area contributed by atoms with E-state index in [4.69, 9.17) is 18.6 Å². The highest BCUT2D eigenvalue weighted by atomic mass is 32.1. The van der Waals surface area contributed by atoms with Gasteiger partial charge >= 0.3 is 0 Å². The number of ketones is 1. The summed E-state index contributed by atoms with van der Waals surface area (Å²) in [5.74, 6) is -0.439. The predicted molar refractivity (Wildman–Crippen MR) is 133 cm³/mol. The molecule has 36 heavy (non-hydrogen) atoms. The molecule has 1 amide bonds. The highest BCUT2D eigenvalue weighted by Gasteiger charge is 2.46. The highest BCUT2D eigenvalue weighted by molar-refractivity contribution is 7.22. The normalized spacial score (nSPS) is 15.6. The number of ether oxygens (including phenoxy) is 3. The lowest BCUT2D eigenvalue weighted by Gasteiger charge is -2.25. The van der Waals surface area contributed by atoms with Gasteiger partial charge in [0.25, 0.3) is 5.91 Å². The second-order valence-corrected chi connectivity index (χ2v) is 8.83. The summed E-state index contributed by atoms with van der Waals surface area (Å²) in [7, 11) is 3.00. The second-order valence-electron chi connectivity index (χ2n) is 7.82. The number of benzene rings is 2. The van der Waals surface area contributed by atoms with Crippen LogP contribution in [0.15, 0.2) is 70.5 Å². The number of anilines is 1. The molecule has 4 aromatic rings. The van der Waals surface area contributed by atoms with E-state index >= 15 is 0 Å². The fourth-order valence-corrected chi connectivity index (χ4v) is 5.19. The molecular formula is C26H22N2O7S. The summed E-state index contributed by atoms with van der Waals surface area (Å²) >= 11 is 1.25. The number of thiazole rings is 1. The van der Waals surface area contributed by atoms with Gasteiger partial charge < -0.3 is 23.7 Å². The molecule has 0 bridgehead atoms. The van der Waals surface area contributed by atoms with Crippen LogP contribution in [-0.4, -0.2) is 42.6 Å². The number of aliphatic hydroxyl groups excluding tert-OH is 1. The third-order valence-electron chi connectivity index (χ3n) is 5.79. The van der Waals surface area contributed by atoms with Crippen LogP contribution in [0.25, 0.3) is 10.2 Å². The molecule has 0 saturated heterocycles. The number of carbonyl (C=O) groups excluding carboxylic acids is 2. The Morgan fingerprint density at radius 2 is 1.94 bits per heavy atom. The summed E-state index contributed by atoms with van der Waals surface area (Å²) in [5, 5.41) is 11.3. The smallest absolute Gasteiger partial charge is 0.296 e. The van der Waals surface area contributed by atoms with E-state index < -0.39 is 23.5 Å². The molecule has 1 aliphatic rings. The van der Waals surface area contributed by atoms with Crippen molar-refractivity contribution < 1.29 is 33.3 Å². The summed E-state index contributed by atoms with van der Waals surface area (Å²) in [6.07, 6.45) is 1.36. The lowest BCUT2D eigenvalue weighted by atomic mass is 9.95. The van der Waals surface area contributed by atoms with Crippen molar-refractivity contribution in [3.8, 4) is 17.2 Å². The first kappa shape index (κ1) is 23.4. The van der Waals surface area contributed by atoms with E-state index in [-0.39, 0.29) is 11.3 Å². The van der Waals surface area contributed by atoms with Gasteiger partial charge in [-0.1, -0.05) is 17.4 Å². The number of aliphatic hydroxyl groups is 1. The summed E-state index contributed by atoms with van der Waals surface area (Å²) < 4.78 is 22.4. The minimum atomic E-state index is -0.984. The molecule has 0 aliphatic carbocycles. The number of furan rings is 1. The third kappa shape index (κ3) is 3.85. The number of fused-ring (bicyclic) bond motifs is 1. The topological polar surface area (TPSA) is 111 Å². The van der Waals surface area contributed by atoms with E-state index in [0.717, 1.165) is 4.70 Å². The SMILES string of the molecule is CCOc1ccc2nc(N3C(=O)C(O)=C(C(=O)c4ccco4)[C@@H]3c3ccc(OC)c(OC)c3)sc2c1. The van der Waals surface area contributed by atoms with Gasteiger partial charge in [0, 0.05) is 0 Å². The van der Waals surface area contributed by atoms with E-state index in [1.807, 2.05) is 13.0 Å². The number of hydrogen-bond donors (Lipinski definition) is 1. The average molecular weight is 507 g/mol. The maximum absolute atomic E-state index is 13.4. The third-order valence-corrected chi connectivity index (χ3v) is 6.80. The highest BCUT2D eigenvalue weighted by Crippen LogP contribution is 2.46. The quantitative estimate of drug-likeness (QED) is 0.329. The molecule has 1 N–H and O–H groups in total. The van der Waals surface area contributed by atoms with Crippen LogP contribution in [0.5, 0.6) is 17.2 Å². The maximum Gasteiger partial charge on any atom is 0.296 e. The lowest BCUT2D eigenvalue weighted by molar-refractivity contribution is -0.117. The van der Waals surface area contributed by atoms with Gasteiger partial charge in [0.1, 0.15) is 5.75 Å². The molecule has 3 heterocycles. The Morgan fingerprint density at radius 3 is 2.64 bits per heavy atom. The van der Waals surface area contributed by atoms with Gasteiger partial charge in [-0.05, 0) is 55.0 Å². The fraction of sp³-hybridized carbons (Fsp3) is 0.192. The fourth-order valence-electron chi connectivity index (χ4n) is 4.17. The van der Waals surface area contributed by atoms with Crippen LogP contribution < -0.4 is 19.1 Å². The Balaban J connectivity index is 1.67. The molecule has 0 saturated carbocycles. The van der Waals surface area contributed by atoms with Gasteiger partial charge in [-0.3, -0.25) is 14.5 Å². The monoisotopic (exact) mass is 506 g/mol. The first-order valence-electron chi connectivity index (χ1n) is 11.1.